The summed E-state index contributed by atoms with van der Waals surface area (Å²) in [5, 5.41) is 13.4. The molecule has 0 saturated heterocycles. The second-order valence-corrected chi connectivity index (χ2v) is 4.78. The number of methoxy groups -OCH3 is 1. The van der Waals surface area contributed by atoms with Crippen molar-refractivity contribution in [3.63, 3.8) is 0 Å². The van der Waals surface area contributed by atoms with Crippen molar-refractivity contribution in [1.82, 2.24) is 5.32 Å². The lowest BCUT2D eigenvalue weighted by molar-refractivity contribution is -0.387. The van der Waals surface area contributed by atoms with E-state index < -0.39 is 34.3 Å². The van der Waals surface area contributed by atoms with E-state index in [9.17, 15) is 23.7 Å². The minimum Gasteiger partial charge on any atom is -0.468 e. The van der Waals surface area contributed by atoms with Gasteiger partial charge in [0.15, 0.2) is 0 Å². The van der Waals surface area contributed by atoms with E-state index in [1.54, 1.807) is 13.8 Å². The number of nitro benzene ring substituents is 1. The Hall–Kier alpha value is -2.09. The molecule has 116 valence electrons. The summed E-state index contributed by atoms with van der Waals surface area (Å²) in [6.45, 7) is 3.36. The molecule has 0 aliphatic rings. The predicted octanol–water partition coefficient (Wildman–Crippen LogP) is 2.16. The minimum atomic E-state index is -1.24. The number of carbonyl (C=O) groups excluding carboxylic acids is 1. The van der Waals surface area contributed by atoms with Crippen LogP contribution in [0.3, 0.4) is 0 Å². The summed E-state index contributed by atoms with van der Waals surface area (Å²) in [5.74, 6) is -2.81. The highest BCUT2D eigenvalue weighted by Crippen LogP contribution is 2.21. The summed E-state index contributed by atoms with van der Waals surface area (Å²) in [6.07, 6.45) is 0. The van der Waals surface area contributed by atoms with Gasteiger partial charge in [-0.15, -0.1) is 0 Å². The Morgan fingerprint density at radius 3 is 2.48 bits per heavy atom. The van der Waals surface area contributed by atoms with E-state index in [-0.39, 0.29) is 18.0 Å². The lowest BCUT2D eigenvalue weighted by Gasteiger charge is -2.20. The maximum Gasteiger partial charge on any atom is 0.323 e. The van der Waals surface area contributed by atoms with Gasteiger partial charge in [-0.05, 0) is 5.92 Å². The molecule has 0 heterocycles. The lowest BCUT2D eigenvalue weighted by Crippen LogP contribution is -2.41. The molecule has 0 bridgehead atoms. The molecular formula is C13H16F2N2O4. The van der Waals surface area contributed by atoms with Gasteiger partial charge >= 0.3 is 11.7 Å². The van der Waals surface area contributed by atoms with E-state index in [4.69, 9.17) is 0 Å². The second-order valence-electron chi connectivity index (χ2n) is 4.78. The fraction of sp³-hybridized carbons (Fsp3) is 0.462. The smallest absolute Gasteiger partial charge is 0.323 e. The van der Waals surface area contributed by atoms with Gasteiger partial charge < -0.3 is 4.74 Å². The maximum atomic E-state index is 13.6. The monoisotopic (exact) mass is 302 g/mol. The Labute approximate surface area is 120 Å². The number of halogens is 2. The van der Waals surface area contributed by atoms with Crippen molar-refractivity contribution in [3.8, 4) is 0 Å². The molecule has 1 aromatic rings. The highest BCUT2D eigenvalue weighted by Gasteiger charge is 2.24. The van der Waals surface area contributed by atoms with E-state index in [1.807, 2.05) is 0 Å². The van der Waals surface area contributed by atoms with E-state index in [2.05, 4.69) is 10.1 Å². The predicted molar refractivity (Wildman–Crippen MR) is 70.5 cm³/mol. The first-order valence-corrected chi connectivity index (χ1v) is 6.21. The number of esters is 1. The Morgan fingerprint density at radius 1 is 1.38 bits per heavy atom. The van der Waals surface area contributed by atoms with Gasteiger partial charge in [0.05, 0.1) is 12.0 Å². The van der Waals surface area contributed by atoms with Crippen LogP contribution in [0.4, 0.5) is 14.5 Å². The molecule has 0 fully saturated rings. The number of hydrogen-bond acceptors (Lipinski definition) is 5. The van der Waals surface area contributed by atoms with Gasteiger partial charge in [0.2, 0.25) is 5.82 Å². The van der Waals surface area contributed by atoms with Crippen LogP contribution in [0.25, 0.3) is 0 Å². The first-order chi connectivity index (χ1) is 9.77. The molecule has 0 aromatic heterocycles. The van der Waals surface area contributed by atoms with E-state index in [1.165, 1.54) is 7.11 Å². The third kappa shape index (κ3) is 4.19. The van der Waals surface area contributed by atoms with Crippen molar-refractivity contribution in [2.75, 3.05) is 7.11 Å². The number of rotatable bonds is 6. The van der Waals surface area contributed by atoms with Crippen molar-refractivity contribution in [2.24, 2.45) is 5.92 Å². The Bertz CT molecular complexity index is 549. The molecule has 1 atom stereocenters. The molecule has 0 unspecified atom stereocenters. The van der Waals surface area contributed by atoms with Crippen molar-refractivity contribution >= 4 is 11.7 Å². The quantitative estimate of drug-likeness (QED) is 0.495. The molecule has 1 rings (SSSR count). The summed E-state index contributed by atoms with van der Waals surface area (Å²) in [4.78, 5) is 21.2. The van der Waals surface area contributed by atoms with Crippen LogP contribution >= 0.6 is 0 Å². The molecular weight excluding hydrogens is 286 g/mol. The number of nitrogens with zero attached hydrogens (tertiary/aromatic N) is 1. The molecule has 0 radical (unpaired) electrons. The normalized spacial score (nSPS) is 12.3. The lowest BCUT2D eigenvalue weighted by atomic mass is 10.0. The Morgan fingerprint density at radius 2 is 2.00 bits per heavy atom. The summed E-state index contributed by atoms with van der Waals surface area (Å²) < 4.78 is 31.4. The number of benzene rings is 1. The van der Waals surface area contributed by atoms with Gasteiger partial charge in [-0.25, -0.2) is 4.39 Å². The van der Waals surface area contributed by atoms with Crippen LogP contribution in [0, 0.1) is 27.7 Å². The third-order valence-corrected chi connectivity index (χ3v) is 2.95. The summed E-state index contributed by atoms with van der Waals surface area (Å²) in [6, 6.07) is 0.572. The first-order valence-electron chi connectivity index (χ1n) is 6.21. The highest BCUT2D eigenvalue weighted by molar-refractivity contribution is 5.75. The van der Waals surface area contributed by atoms with Crippen LogP contribution in [0.1, 0.15) is 19.4 Å². The molecule has 0 spiro atoms. The molecule has 8 heteroatoms. The van der Waals surface area contributed by atoms with Crippen LogP contribution in [-0.2, 0) is 16.1 Å². The minimum absolute atomic E-state index is 0.0994. The average Bonchev–Trinajstić information content (AvgIpc) is 2.39. The van der Waals surface area contributed by atoms with Gasteiger partial charge in [0.1, 0.15) is 11.9 Å². The Kier molecular flexibility index (Phi) is 5.71. The van der Waals surface area contributed by atoms with E-state index in [0.717, 1.165) is 6.07 Å². The molecule has 1 N–H and O–H groups in total. The number of nitro groups is 1. The Balaban J connectivity index is 2.95. The SMILES string of the molecule is COC(=O)[C@@H](NCc1cc([N+](=O)[O-])c(F)cc1F)C(C)C. The van der Waals surface area contributed by atoms with Gasteiger partial charge in [-0.3, -0.25) is 20.2 Å². The fourth-order valence-corrected chi connectivity index (χ4v) is 1.79. The van der Waals surface area contributed by atoms with Gasteiger partial charge in [0.25, 0.3) is 0 Å². The van der Waals surface area contributed by atoms with Crippen molar-refractivity contribution < 1.29 is 23.2 Å². The van der Waals surface area contributed by atoms with E-state index in [0.29, 0.717) is 6.07 Å². The molecule has 0 aliphatic carbocycles. The van der Waals surface area contributed by atoms with Crippen LogP contribution in [-0.4, -0.2) is 24.0 Å². The first kappa shape index (κ1) is 17.0. The molecule has 6 nitrogen and oxygen atoms in total. The molecule has 0 saturated carbocycles. The second kappa shape index (κ2) is 7.07. The summed E-state index contributed by atoms with van der Waals surface area (Å²) in [7, 11) is 1.22. The largest absolute Gasteiger partial charge is 0.468 e. The van der Waals surface area contributed by atoms with Crippen LogP contribution in [0.5, 0.6) is 0 Å². The van der Waals surface area contributed by atoms with Gasteiger partial charge in [-0.1, -0.05) is 13.8 Å². The summed E-state index contributed by atoms with van der Waals surface area (Å²) in [5.41, 5.74) is -0.912. The fourth-order valence-electron chi connectivity index (χ4n) is 1.79. The number of hydrogen-bond donors (Lipinski definition) is 1. The van der Waals surface area contributed by atoms with Crippen molar-refractivity contribution in [1.29, 1.82) is 0 Å². The van der Waals surface area contributed by atoms with Crippen LogP contribution in [0.15, 0.2) is 12.1 Å². The molecule has 0 amide bonds. The van der Waals surface area contributed by atoms with E-state index >= 15 is 0 Å². The zero-order valence-corrected chi connectivity index (χ0v) is 11.9. The topological polar surface area (TPSA) is 81.5 Å². The zero-order chi connectivity index (χ0) is 16.2. The van der Waals surface area contributed by atoms with Crippen molar-refractivity contribution in [3.05, 3.63) is 39.4 Å². The number of ether oxygens (including phenoxy) is 1. The standard InChI is InChI=1S/C13H16F2N2O4/c1-7(2)12(13(18)21-3)16-6-8-4-11(17(19)20)10(15)5-9(8)14/h4-5,7,12,16H,6H2,1-3H3/t12-/m0/s1. The molecule has 1 aromatic carbocycles. The average molecular weight is 302 g/mol. The van der Waals surface area contributed by atoms with Gasteiger partial charge in [-0.2, -0.15) is 4.39 Å². The summed E-state index contributed by atoms with van der Waals surface area (Å²) >= 11 is 0. The highest BCUT2D eigenvalue weighted by atomic mass is 19.1. The number of nitrogens with one attached hydrogen (secondary N) is 1. The zero-order valence-electron chi connectivity index (χ0n) is 11.9. The third-order valence-electron chi connectivity index (χ3n) is 2.95. The number of carbonyl (C=O) groups is 1. The molecule has 21 heavy (non-hydrogen) atoms. The molecule has 0 aliphatic heterocycles. The van der Waals surface area contributed by atoms with Crippen LogP contribution < -0.4 is 5.32 Å². The van der Waals surface area contributed by atoms with Gasteiger partial charge in [0, 0.05) is 24.2 Å². The van der Waals surface area contributed by atoms with Crippen LogP contribution in [0.2, 0.25) is 0 Å². The van der Waals surface area contributed by atoms with Crippen molar-refractivity contribution in [2.45, 2.75) is 26.4 Å². The maximum absolute atomic E-state index is 13.6.